The number of aromatic nitrogens is 4. The Balaban J connectivity index is 1.71. The van der Waals surface area contributed by atoms with Gasteiger partial charge >= 0.3 is 0 Å². The van der Waals surface area contributed by atoms with Crippen molar-refractivity contribution >= 4 is 5.91 Å². The molecule has 3 rings (SSSR count). The maximum absolute atomic E-state index is 12.3. The fraction of sp³-hybridized carbons (Fsp3) is 0.176. The van der Waals surface area contributed by atoms with Crippen LogP contribution in [0.1, 0.15) is 21.7 Å². The normalized spacial score (nSPS) is 10.5. The summed E-state index contributed by atoms with van der Waals surface area (Å²) in [5.74, 6) is -0.162. The number of hydrogen-bond donors (Lipinski definition) is 0. The van der Waals surface area contributed by atoms with E-state index in [1.54, 1.807) is 29.0 Å². The standard InChI is InChI=1S/C17H17N5O/c1-13-8-19-16(10-18-13)17(23)21(2)11-14-9-20-22(12-14)15-6-4-3-5-7-15/h3-10,12H,11H2,1-2H3. The highest BCUT2D eigenvalue weighted by Gasteiger charge is 2.14. The van der Waals surface area contributed by atoms with Crippen molar-refractivity contribution in [3.8, 4) is 5.69 Å². The van der Waals surface area contributed by atoms with Gasteiger partial charge in [-0.1, -0.05) is 18.2 Å². The van der Waals surface area contributed by atoms with Gasteiger partial charge in [0.2, 0.25) is 0 Å². The summed E-state index contributed by atoms with van der Waals surface area (Å²) in [5, 5.41) is 4.33. The number of carbonyl (C=O) groups is 1. The molecule has 1 aromatic carbocycles. The lowest BCUT2D eigenvalue weighted by atomic mass is 10.3. The fourth-order valence-electron chi connectivity index (χ4n) is 2.21. The van der Waals surface area contributed by atoms with Crippen LogP contribution in [0.5, 0.6) is 0 Å². The lowest BCUT2D eigenvalue weighted by molar-refractivity contribution is 0.0779. The van der Waals surface area contributed by atoms with Crippen molar-refractivity contribution in [2.24, 2.45) is 0 Å². The van der Waals surface area contributed by atoms with Crippen molar-refractivity contribution in [2.75, 3.05) is 7.05 Å². The average Bonchev–Trinajstić information content (AvgIpc) is 3.04. The Labute approximate surface area is 134 Å². The molecule has 116 valence electrons. The van der Waals surface area contributed by atoms with Gasteiger partial charge in [-0.2, -0.15) is 5.10 Å². The Kier molecular flexibility index (Phi) is 4.14. The number of carbonyl (C=O) groups excluding carboxylic acids is 1. The fourth-order valence-corrected chi connectivity index (χ4v) is 2.21. The van der Waals surface area contributed by atoms with Crippen molar-refractivity contribution in [1.82, 2.24) is 24.6 Å². The van der Waals surface area contributed by atoms with Crippen LogP contribution < -0.4 is 0 Å². The number of aryl methyl sites for hydroxylation is 1. The first-order valence-corrected chi connectivity index (χ1v) is 7.26. The van der Waals surface area contributed by atoms with Crippen LogP contribution in [0.25, 0.3) is 5.69 Å². The van der Waals surface area contributed by atoms with Crippen LogP contribution in [0.4, 0.5) is 0 Å². The van der Waals surface area contributed by atoms with Gasteiger partial charge < -0.3 is 4.90 Å². The van der Waals surface area contributed by atoms with Crippen molar-refractivity contribution < 1.29 is 4.79 Å². The molecule has 0 saturated heterocycles. The monoisotopic (exact) mass is 307 g/mol. The molecule has 0 aliphatic rings. The molecule has 6 nitrogen and oxygen atoms in total. The Hall–Kier alpha value is -3.02. The van der Waals surface area contributed by atoms with E-state index in [1.807, 2.05) is 43.5 Å². The molecule has 6 heteroatoms. The molecule has 0 aliphatic carbocycles. The predicted octanol–water partition coefficient (Wildman–Crippen LogP) is 2.24. The molecule has 0 spiro atoms. The first-order valence-electron chi connectivity index (χ1n) is 7.26. The summed E-state index contributed by atoms with van der Waals surface area (Å²) in [6.07, 6.45) is 6.77. The highest BCUT2D eigenvalue weighted by atomic mass is 16.2. The first kappa shape index (κ1) is 14.9. The summed E-state index contributed by atoms with van der Waals surface area (Å²) in [6, 6.07) is 9.84. The minimum absolute atomic E-state index is 0.162. The zero-order valence-corrected chi connectivity index (χ0v) is 13.0. The van der Waals surface area contributed by atoms with Crippen LogP contribution in [0.3, 0.4) is 0 Å². The molecule has 2 aromatic heterocycles. The van der Waals surface area contributed by atoms with E-state index in [0.717, 1.165) is 16.9 Å². The Bertz CT molecular complexity index is 795. The van der Waals surface area contributed by atoms with Crippen molar-refractivity contribution in [3.63, 3.8) is 0 Å². The van der Waals surface area contributed by atoms with Crippen LogP contribution in [0, 0.1) is 6.92 Å². The number of rotatable bonds is 4. The van der Waals surface area contributed by atoms with Crippen LogP contribution in [0.2, 0.25) is 0 Å². The lowest BCUT2D eigenvalue weighted by Crippen LogP contribution is -2.27. The van der Waals surface area contributed by atoms with Gasteiger partial charge in [-0.3, -0.25) is 9.78 Å². The minimum atomic E-state index is -0.162. The molecule has 3 aromatic rings. The van der Waals surface area contributed by atoms with Crippen LogP contribution in [0.15, 0.2) is 55.1 Å². The van der Waals surface area contributed by atoms with E-state index in [-0.39, 0.29) is 5.91 Å². The van der Waals surface area contributed by atoms with E-state index < -0.39 is 0 Å². The van der Waals surface area contributed by atoms with Gasteiger partial charge in [-0.25, -0.2) is 9.67 Å². The van der Waals surface area contributed by atoms with Crippen LogP contribution in [-0.2, 0) is 6.54 Å². The summed E-state index contributed by atoms with van der Waals surface area (Å²) in [7, 11) is 1.74. The predicted molar refractivity (Wildman–Crippen MR) is 86.1 cm³/mol. The number of nitrogens with zero attached hydrogens (tertiary/aromatic N) is 5. The summed E-state index contributed by atoms with van der Waals surface area (Å²) in [5.41, 5.74) is 3.06. The van der Waals surface area contributed by atoms with E-state index in [1.165, 1.54) is 6.20 Å². The number of benzene rings is 1. The molecule has 0 bridgehead atoms. The lowest BCUT2D eigenvalue weighted by Gasteiger charge is -2.15. The van der Waals surface area contributed by atoms with E-state index in [9.17, 15) is 4.79 Å². The second kappa shape index (κ2) is 6.39. The molecular formula is C17H17N5O. The molecule has 23 heavy (non-hydrogen) atoms. The third kappa shape index (κ3) is 3.42. The molecule has 0 unspecified atom stereocenters. The van der Waals surface area contributed by atoms with Gasteiger partial charge in [0.1, 0.15) is 5.69 Å². The highest BCUT2D eigenvalue weighted by molar-refractivity contribution is 5.91. The summed E-state index contributed by atoms with van der Waals surface area (Å²) >= 11 is 0. The van der Waals surface area contributed by atoms with Gasteiger partial charge in [0.25, 0.3) is 5.91 Å². The first-order chi connectivity index (χ1) is 11.1. The highest BCUT2D eigenvalue weighted by Crippen LogP contribution is 2.10. The van der Waals surface area contributed by atoms with Gasteiger partial charge in [-0.05, 0) is 19.1 Å². The second-order valence-corrected chi connectivity index (χ2v) is 5.33. The van der Waals surface area contributed by atoms with Crippen molar-refractivity contribution in [3.05, 3.63) is 72.1 Å². The number of para-hydroxylation sites is 1. The number of hydrogen-bond acceptors (Lipinski definition) is 4. The maximum atomic E-state index is 12.3. The summed E-state index contributed by atoms with van der Waals surface area (Å²) in [4.78, 5) is 22.2. The van der Waals surface area contributed by atoms with E-state index in [0.29, 0.717) is 12.2 Å². The maximum Gasteiger partial charge on any atom is 0.274 e. The number of amides is 1. The zero-order valence-electron chi connectivity index (χ0n) is 13.0. The Morgan fingerprint density at radius 2 is 1.91 bits per heavy atom. The minimum Gasteiger partial charge on any atom is -0.336 e. The summed E-state index contributed by atoms with van der Waals surface area (Å²) in [6.45, 7) is 2.30. The largest absolute Gasteiger partial charge is 0.336 e. The zero-order chi connectivity index (χ0) is 16.2. The molecule has 0 fully saturated rings. The van der Waals surface area contributed by atoms with Gasteiger partial charge in [-0.15, -0.1) is 0 Å². The molecule has 0 saturated carbocycles. The average molecular weight is 307 g/mol. The van der Waals surface area contributed by atoms with Gasteiger partial charge in [0.05, 0.1) is 23.8 Å². The summed E-state index contributed by atoms with van der Waals surface area (Å²) < 4.78 is 1.79. The third-order valence-corrected chi connectivity index (χ3v) is 3.42. The van der Waals surface area contributed by atoms with Crippen LogP contribution >= 0.6 is 0 Å². The molecule has 0 aliphatic heterocycles. The topological polar surface area (TPSA) is 63.9 Å². The van der Waals surface area contributed by atoms with E-state index in [4.69, 9.17) is 0 Å². The third-order valence-electron chi connectivity index (χ3n) is 3.42. The quantitative estimate of drug-likeness (QED) is 0.741. The van der Waals surface area contributed by atoms with Crippen LogP contribution in [-0.4, -0.2) is 37.6 Å². The SMILES string of the molecule is Cc1cnc(C(=O)N(C)Cc2cnn(-c3ccccc3)c2)cn1. The van der Waals surface area contributed by atoms with Crippen molar-refractivity contribution in [1.29, 1.82) is 0 Å². The van der Waals surface area contributed by atoms with Crippen molar-refractivity contribution in [2.45, 2.75) is 13.5 Å². The molecule has 0 atom stereocenters. The van der Waals surface area contributed by atoms with Gasteiger partial charge in [0.15, 0.2) is 0 Å². The van der Waals surface area contributed by atoms with Gasteiger partial charge in [0, 0.05) is 31.5 Å². The van der Waals surface area contributed by atoms with E-state index in [2.05, 4.69) is 15.1 Å². The smallest absolute Gasteiger partial charge is 0.274 e. The molecule has 0 radical (unpaired) electrons. The Morgan fingerprint density at radius 3 is 2.61 bits per heavy atom. The molecule has 2 heterocycles. The van der Waals surface area contributed by atoms with E-state index >= 15 is 0 Å². The molecule has 0 N–H and O–H groups in total. The molecule has 1 amide bonds. The molecular weight excluding hydrogens is 290 g/mol. The second-order valence-electron chi connectivity index (χ2n) is 5.33. The Morgan fingerprint density at radius 1 is 1.13 bits per heavy atom.